The number of pyridine rings is 1. The van der Waals surface area contributed by atoms with Gasteiger partial charge in [-0.2, -0.15) is 0 Å². The van der Waals surface area contributed by atoms with Gasteiger partial charge in [0.2, 0.25) is 0 Å². The van der Waals surface area contributed by atoms with E-state index in [0.717, 1.165) is 14.5 Å². The van der Waals surface area contributed by atoms with Crippen molar-refractivity contribution in [3.63, 3.8) is 0 Å². The minimum atomic E-state index is -3.70. The van der Waals surface area contributed by atoms with Gasteiger partial charge in [-0.05, 0) is 68.6 Å². The number of nitrogens with zero attached hydrogens (tertiary/aromatic N) is 1. The Balaban J connectivity index is 2.40. The van der Waals surface area contributed by atoms with Crippen LogP contribution in [-0.2, 0) is 10.0 Å². The maximum atomic E-state index is 12.4. The minimum Gasteiger partial charge on any atom is -0.263 e. The topological polar surface area (TPSA) is 59.1 Å². The van der Waals surface area contributed by atoms with E-state index in [0.29, 0.717) is 4.47 Å². The molecule has 0 amide bonds. The molecule has 0 aliphatic heterocycles. The number of halogens is 3. The summed E-state index contributed by atoms with van der Waals surface area (Å²) < 4.78 is 29.2. The predicted molar refractivity (Wildman–Crippen MR) is 89.3 cm³/mol. The Morgan fingerprint density at radius 2 is 1.80 bits per heavy atom. The largest absolute Gasteiger partial charge is 0.264 e. The highest BCUT2D eigenvalue weighted by molar-refractivity contribution is 9.11. The molecule has 106 valence electrons. The van der Waals surface area contributed by atoms with Gasteiger partial charge in [0.15, 0.2) is 0 Å². The second-order valence-electron chi connectivity index (χ2n) is 4.00. The van der Waals surface area contributed by atoms with Gasteiger partial charge in [-0.15, -0.1) is 0 Å². The first-order valence-corrected chi connectivity index (χ1v) is 9.26. The van der Waals surface area contributed by atoms with Crippen molar-refractivity contribution >= 4 is 63.6 Å². The molecule has 0 spiro atoms. The van der Waals surface area contributed by atoms with Crippen molar-refractivity contribution in [2.24, 2.45) is 0 Å². The van der Waals surface area contributed by atoms with E-state index in [4.69, 9.17) is 0 Å². The Bertz CT molecular complexity index is 746. The van der Waals surface area contributed by atoms with Crippen LogP contribution in [0.4, 0.5) is 5.82 Å². The van der Waals surface area contributed by atoms with Gasteiger partial charge in [0.05, 0.1) is 0 Å². The number of sulfonamides is 1. The molecule has 0 unspecified atom stereocenters. The van der Waals surface area contributed by atoms with Crippen LogP contribution in [0, 0.1) is 6.92 Å². The molecule has 0 saturated carbocycles. The quantitative estimate of drug-likeness (QED) is 0.699. The normalized spacial score (nSPS) is 11.4. The summed E-state index contributed by atoms with van der Waals surface area (Å²) in [6.07, 6.45) is 1.53. The van der Waals surface area contributed by atoms with Crippen molar-refractivity contribution in [1.82, 2.24) is 4.98 Å². The summed E-state index contributed by atoms with van der Waals surface area (Å²) in [4.78, 5) is 4.15. The Morgan fingerprint density at radius 1 is 1.10 bits per heavy atom. The molecule has 1 N–H and O–H groups in total. The zero-order valence-corrected chi connectivity index (χ0v) is 15.8. The smallest absolute Gasteiger partial charge is 0.263 e. The Hall–Kier alpha value is -0.440. The van der Waals surface area contributed by atoms with Crippen LogP contribution in [0.15, 0.2) is 48.8 Å². The summed E-state index contributed by atoms with van der Waals surface area (Å²) in [6, 6.07) is 6.60. The molecule has 0 aliphatic carbocycles. The van der Waals surface area contributed by atoms with Gasteiger partial charge < -0.3 is 0 Å². The SMILES string of the molecule is Cc1cc(Br)c(S(=O)(=O)Nc2ccc(Br)cn2)cc1Br. The number of benzene rings is 1. The number of aryl methyl sites for hydroxylation is 1. The maximum absolute atomic E-state index is 12.4. The average molecular weight is 485 g/mol. The maximum Gasteiger partial charge on any atom is 0.264 e. The number of nitrogens with one attached hydrogen (secondary N) is 1. The molecule has 4 nitrogen and oxygen atoms in total. The lowest BCUT2D eigenvalue weighted by atomic mass is 10.2. The standard InChI is InChI=1S/C12H9Br3N2O2S/c1-7-4-10(15)11(5-9(7)14)20(18,19)17-12-3-2-8(13)6-16-12/h2-6H,1H3,(H,16,17). The highest BCUT2D eigenvalue weighted by atomic mass is 79.9. The van der Waals surface area contributed by atoms with Gasteiger partial charge in [0.1, 0.15) is 10.7 Å². The Morgan fingerprint density at radius 3 is 2.40 bits per heavy atom. The molecule has 2 rings (SSSR count). The van der Waals surface area contributed by atoms with Crippen molar-refractivity contribution in [2.45, 2.75) is 11.8 Å². The van der Waals surface area contributed by atoms with E-state index in [2.05, 4.69) is 57.5 Å². The summed E-state index contributed by atoms with van der Waals surface area (Å²) in [5, 5.41) is 0. The van der Waals surface area contributed by atoms with Crippen LogP contribution < -0.4 is 4.72 Å². The molecule has 0 saturated heterocycles. The molecule has 2 aromatic rings. The molecule has 0 aliphatic rings. The first-order chi connectivity index (χ1) is 9.29. The molecule has 1 aromatic heterocycles. The third-order valence-electron chi connectivity index (χ3n) is 2.47. The van der Waals surface area contributed by atoms with Crippen molar-refractivity contribution in [3.05, 3.63) is 49.4 Å². The first kappa shape index (κ1) is 15.9. The molecule has 0 radical (unpaired) electrons. The van der Waals surface area contributed by atoms with Gasteiger partial charge in [0, 0.05) is 19.6 Å². The van der Waals surface area contributed by atoms with E-state index in [-0.39, 0.29) is 10.7 Å². The van der Waals surface area contributed by atoms with E-state index >= 15 is 0 Å². The predicted octanol–water partition coefficient (Wildman–Crippen LogP) is 4.48. The number of rotatable bonds is 3. The van der Waals surface area contributed by atoms with Gasteiger partial charge in [-0.3, -0.25) is 4.72 Å². The van der Waals surface area contributed by atoms with Gasteiger partial charge in [0.25, 0.3) is 10.0 Å². The van der Waals surface area contributed by atoms with Gasteiger partial charge >= 0.3 is 0 Å². The van der Waals surface area contributed by atoms with Crippen LogP contribution in [0.5, 0.6) is 0 Å². The molecule has 0 fully saturated rings. The van der Waals surface area contributed by atoms with Gasteiger partial charge in [-0.25, -0.2) is 13.4 Å². The van der Waals surface area contributed by atoms with Crippen LogP contribution >= 0.6 is 47.8 Å². The molecule has 1 aromatic carbocycles. The van der Waals surface area contributed by atoms with Crippen LogP contribution in [0.3, 0.4) is 0 Å². The van der Waals surface area contributed by atoms with Crippen molar-refractivity contribution in [1.29, 1.82) is 0 Å². The fourth-order valence-corrected chi connectivity index (χ4v) is 4.38. The van der Waals surface area contributed by atoms with Gasteiger partial charge in [-0.1, -0.05) is 15.9 Å². The van der Waals surface area contributed by atoms with E-state index in [9.17, 15) is 8.42 Å². The Kier molecular flexibility index (Phi) is 4.88. The van der Waals surface area contributed by atoms with Crippen LogP contribution in [-0.4, -0.2) is 13.4 Å². The molecule has 1 heterocycles. The van der Waals surface area contributed by atoms with Crippen LogP contribution in [0.25, 0.3) is 0 Å². The van der Waals surface area contributed by atoms with Crippen LogP contribution in [0.1, 0.15) is 5.56 Å². The van der Waals surface area contributed by atoms with Crippen LogP contribution in [0.2, 0.25) is 0 Å². The molecule has 8 heteroatoms. The third-order valence-corrected chi connectivity index (χ3v) is 6.11. The van der Waals surface area contributed by atoms with E-state index < -0.39 is 10.0 Å². The summed E-state index contributed by atoms with van der Waals surface area (Å²) in [7, 11) is -3.70. The number of anilines is 1. The molecule has 0 bridgehead atoms. The fourth-order valence-electron chi connectivity index (χ4n) is 1.46. The van der Waals surface area contributed by atoms with Crippen molar-refractivity contribution in [2.75, 3.05) is 4.72 Å². The second kappa shape index (κ2) is 6.13. The van der Waals surface area contributed by atoms with Crippen molar-refractivity contribution < 1.29 is 8.42 Å². The number of hydrogen-bond donors (Lipinski definition) is 1. The highest BCUT2D eigenvalue weighted by Gasteiger charge is 2.19. The lowest BCUT2D eigenvalue weighted by Crippen LogP contribution is -2.14. The summed E-state index contributed by atoms with van der Waals surface area (Å²) >= 11 is 9.85. The number of aromatic nitrogens is 1. The molecular formula is C12H9Br3N2O2S. The summed E-state index contributed by atoms with van der Waals surface area (Å²) in [5.41, 5.74) is 0.942. The zero-order chi connectivity index (χ0) is 14.9. The lowest BCUT2D eigenvalue weighted by Gasteiger charge is -2.10. The summed E-state index contributed by atoms with van der Waals surface area (Å²) in [6.45, 7) is 1.88. The number of hydrogen-bond acceptors (Lipinski definition) is 3. The van der Waals surface area contributed by atoms with E-state index in [1.165, 1.54) is 6.20 Å². The Labute approximate surface area is 142 Å². The first-order valence-electron chi connectivity index (χ1n) is 5.39. The molecule has 20 heavy (non-hydrogen) atoms. The minimum absolute atomic E-state index is 0.152. The highest BCUT2D eigenvalue weighted by Crippen LogP contribution is 2.29. The van der Waals surface area contributed by atoms with E-state index in [1.54, 1.807) is 24.3 Å². The fraction of sp³-hybridized carbons (Fsp3) is 0.0833. The zero-order valence-electron chi connectivity index (χ0n) is 10.2. The molecule has 0 atom stereocenters. The van der Waals surface area contributed by atoms with E-state index in [1.807, 2.05) is 6.92 Å². The monoisotopic (exact) mass is 482 g/mol. The average Bonchev–Trinajstić information content (AvgIpc) is 2.36. The van der Waals surface area contributed by atoms with Crippen molar-refractivity contribution in [3.8, 4) is 0 Å². The molecular weight excluding hydrogens is 476 g/mol. The third kappa shape index (κ3) is 3.60. The second-order valence-corrected chi connectivity index (χ2v) is 8.27. The summed E-state index contributed by atoms with van der Waals surface area (Å²) in [5.74, 6) is 0.261. The lowest BCUT2D eigenvalue weighted by molar-refractivity contribution is 0.600.